The fourth-order valence-electron chi connectivity index (χ4n) is 7.17. The quantitative estimate of drug-likeness (QED) is 0.156. The average Bonchev–Trinajstić information content (AvgIpc) is 3.72. The molecule has 7 heteroatoms. The third-order valence-corrected chi connectivity index (χ3v) is 12.4. The number of benzene rings is 7. The molecule has 0 unspecified atom stereocenters. The Balaban J connectivity index is 1.26. The molecular weight excluding hydrogens is 779 g/mol. The minimum Gasteiger partial charge on any atom is -0.456 e. The van der Waals surface area contributed by atoms with E-state index in [1.54, 1.807) is 0 Å². The summed E-state index contributed by atoms with van der Waals surface area (Å²) in [5.74, 6) is 0. The van der Waals surface area contributed by atoms with Gasteiger partial charge in [-0.05, 0) is 118 Å². The summed E-state index contributed by atoms with van der Waals surface area (Å²) < 4.78 is 9.51. The lowest BCUT2D eigenvalue weighted by atomic mass is 9.87. The zero-order chi connectivity index (χ0) is 36.4. The summed E-state index contributed by atoms with van der Waals surface area (Å²) in [5, 5.41) is 5.80. The zero-order valence-corrected chi connectivity index (χ0v) is 33.1. The van der Waals surface area contributed by atoms with Gasteiger partial charge in [-0.1, -0.05) is 98.6 Å². The molecular formula is C46H33BrCl2N2OS. The first-order valence-electron chi connectivity index (χ1n) is 17.4. The molecule has 0 bridgehead atoms. The number of rotatable bonds is 6. The van der Waals surface area contributed by atoms with Crippen molar-refractivity contribution in [3.8, 4) is 0 Å². The number of para-hydroxylation sites is 1. The van der Waals surface area contributed by atoms with Crippen molar-refractivity contribution in [2.75, 3.05) is 9.80 Å². The molecule has 2 heterocycles. The molecule has 0 spiro atoms. The zero-order valence-electron chi connectivity index (χ0n) is 29.2. The summed E-state index contributed by atoms with van der Waals surface area (Å²) >= 11 is 19.3. The lowest BCUT2D eigenvalue weighted by Crippen LogP contribution is -2.15. The van der Waals surface area contributed by atoms with E-state index in [2.05, 4.69) is 168 Å². The molecule has 3 nitrogen and oxygen atoms in total. The largest absolute Gasteiger partial charge is 0.456 e. The van der Waals surface area contributed by atoms with Gasteiger partial charge in [0.2, 0.25) is 0 Å². The van der Waals surface area contributed by atoms with Gasteiger partial charge in [-0.15, -0.1) is 11.3 Å². The van der Waals surface area contributed by atoms with Crippen molar-refractivity contribution in [2.24, 2.45) is 0 Å². The lowest BCUT2D eigenvalue weighted by Gasteiger charge is -2.30. The van der Waals surface area contributed by atoms with Crippen molar-refractivity contribution in [3.63, 3.8) is 0 Å². The summed E-state index contributed by atoms with van der Waals surface area (Å²) in [4.78, 5) is 4.50. The number of hydrogen-bond donors (Lipinski definition) is 0. The van der Waals surface area contributed by atoms with Gasteiger partial charge in [0.05, 0.1) is 10.7 Å². The van der Waals surface area contributed by atoms with Crippen LogP contribution in [0.25, 0.3) is 42.1 Å². The van der Waals surface area contributed by atoms with Gasteiger partial charge in [-0.3, -0.25) is 0 Å². The second-order valence-corrected chi connectivity index (χ2v) is 17.0. The second kappa shape index (κ2) is 13.3. The Morgan fingerprint density at radius 2 is 1.13 bits per heavy atom. The molecule has 0 N–H and O–H groups in total. The van der Waals surface area contributed by atoms with Gasteiger partial charge < -0.3 is 14.2 Å². The Morgan fingerprint density at radius 1 is 0.528 bits per heavy atom. The topological polar surface area (TPSA) is 19.6 Å². The fraction of sp³-hybridized carbons (Fsp3) is 0.0870. The molecule has 260 valence electrons. The SMILES string of the molecule is CC(C)(C)c1ccc(N(c2cccc(N(c3ccc4oc5ccccc5c4c3)c3ccc4sc5ccccc5c4c3)c2)c2cc(Cl)cc(Br)c2Cl)cc1. The third kappa shape index (κ3) is 6.16. The Morgan fingerprint density at radius 3 is 1.91 bits per heavy atom. The van der Waals surface area contributed by atoms with E-state index in [-0.39, 0.29) is 5.41 Å². The summed E-state index contributed by atoms with van der Waals surface area (Å²) in [6, 6.07) is 51.1. The van der Waals surface area contributed by atoms with E-state index in [4.69, 9.17) is 27.6 Å². The van der Waals surface area contributed by atoms with Crippen LogP contribution in [0.1, 0.15) is 26.3 Å². The van der Waals surface area contributed by atoms with Crippen LogP contribution < -0.4 is 9.80 Å². The number of hydrogen-bond acceptors (Lipinski definition) is 4. The molecule has 0 saturated carbocycles. The molecule has 0 atom stereocenters. The highest BCUT2D eigenvalue weighted by Crippen LogP contribution is 2.47. The van der Waals surface area contributed by atoms with Crippen molar-refractivity contribution in [1.29, 1.82) is 0 Å². The number of anilines is 6. The summed E-state index contributed by atoms with van der Waals surface area (Å²) in [6.07, 6.45) is 0. The van der Waals surface area contributed by atoms with Crippen LogP contribution >= 0.6 is 50.5 Å². The van der Waals surface area contributed by atoms with E-state index < -0.39 is 0 Å². The first kappa shape index (κ1) is 34.0. The maximum atomic E-state index is 7.08. The molecule has 2 aromatic heterocycles. The second-order valence-electron chi connectivity index (χ2n) is 14.3. The van der Waals surface area contributed by atoms with E-state index in [0.29, 0.717) is 10.0 Å². The maximum absolute atomic E-state index is 7.08. The van der Waals surface area contributed by atoms with Gasteiger partial charge in [0.1, 0.15) is 11.2 Å². The first-order valence-corrected chi connectivity index (χ1v) is 19.8. The van der Waals surface area contributed by atoms with Crippen LogP contribution in [0.2, 0.25) is 10.0 Å². The normalized spacial score (nSPS) is 12.0. The predicted molar refractivity (Wildman–Crippen MR) is 232 cm³/mol. The summed E-state index contributed by atoms with van der Waals surface area (Å²) in [7, 11) is 0. The van der Waals surface area contributed by atoms with Crippen molar-refractivity contribution >= 4 is 127 Å². The number of halogens is 3. The molecule has 0 fully saturated rings. The predicted octanol–water partition coefficient (Wildman–Crippen LogP) is 16.3. The van der Waals surface area contributed by atoms with Crippen molar-refractivity contribution in [1.82, 2.24) is 0 Å². The lowest BCUT2D eigenvalue weighted by molar-refractivity contribution is 0.590. The molecule has 0 amide bonds. The van der Waals surface area contributed by atoms with Crippen molar-refractivity contribution in [3.05, 3.63) is 166 Å². The van der Waals surface area contributed by atoms with Crippen LogP contribution in [-0.4, -0.2) is 0 Å². The van der Waals surface area contributed by atoms with E-state index in [9.17, 15) is 0 Å². The van der Waals surface area contributed by atoms with Crippen LogP contribution in [0.15, 0.2) is 154 Å². The Labute approximate surface area is 330 Å². The van der Waals surface area contributed by atoms with Gasteiger partial charge >= 0.3 is 0 Å². The van der Waals surface area contributed by atoms with E-state index in [1.165, 1.54) is 25.7 Å². The molecule has 9 rings (SSSR count). The Hall–Kier alpha value is -4.78. The van der Waals surface area contributed by atoms with Crippen LogP contribution in [0.4, 0.5) is 34.1 Å². The standard InChI is InChI=1S/C46H33BrCl2N2OS/c1-46(2,3)28-15-17-30(18-16-28)51(40-24-29(48)23-39(47)45(40)49)32-10-8-9-31(25-32)50(33-19-21-42-37(26-33)35-11-4-6-13-41(35)52-42)34-20-22-44-38(27-34)36-12-5-7-14-43(36)53-44/h4-27H,1-3H3. The molecule has 0 aliphatic carbocycles. The highest BCUT2D eigenvalue weighted by Gasteiger charge is 2.23. The minimum absolute atomic E-state index is 0.0107. The first-order chi connectivity index (χ1) is 25.6. The van der Waals surface area contributed by atoms with Gasteiger partial charge in [0.25, 0.3) is 0 Å². The maximum Gasteiger partial charge on any atom is 0.135 e. The molecule has 0 aliphatic rings. The monoisotopic (exact) mass is 810 g/mol. The molecule has 9 aromatic rings. The Bertz CT molecular complexity index is 2720. The summed E-state index contributed by atoms with van der Waals surface area (Å²) in [5.41, 5.74) is 8.72. The van der Waals surface area contributed by atoms with E-state index in [1.807, 2.05) is 35.6 Å². The molecule has 7 aromatic carbocycles. The smallest absolute Gasteiger partial charge is 0.135 e. The number of nitrogens with zero attached hydrogens (tertiary/aromatic N) is 2. The van der Waals surface area contributed by atoms with Crippen LogP contribution in [0, 0.1) is 0 Å². The van der Waals surface area contributed by atoms with Crippen LogP contribution in [0.5, 0.6) is 0 Å². The van der Waals surface area contributed by atoms with Gasteiger partial charge in [-0.25, -0.2) is 0 Å². The van der Waals surface area contributed by atoms with Gasteiger partial charge in [-0.2, -0.15) is 0 Å². The molecule has 0 aliphatic heterocycles. The van der Waals surface area contributed by atoms with Crippen LogP contribution in [-0.2, 0) is 5.41 Å². The fourth-order valence-corrected chi connectivity index (χ4v) is 9.24. The van der Waals surface area contributed by atoms with Crippen molar-refractivity contribution in [2.45, 2.75) is 26.2 Å². The minimum atomic E-state index is 0.0107. The van der Waals surface area contributed by atoms with E-state index in [0.717, 1.165) is 60.5 Å². The summed E-state index contributed by atoms with van der Waals surface area (Å²) in [6.45, 7) is 6.67. The van der Waals surface area contributed by atoms with Crippen molar-refractivity contribution < 1.29 is 4.42 Å². The molecule has 0 saturated heterocycles. The van der Waals surface area contributed by atoms with Gasteiger partial charge in [0, 0.05) is 68.9 Å². The van der Waals surface area contributed by atoms with Gasteiger partial charge in [0.15, 0.2) is 0 Å². The highest BCUT2D eigenvalue weighted by molar-refractivity contribution is 9.10. The van der Waals surface area contributed by atoms with Crippen LogP contribution in [0.3, 0.4) is 0 Å². The molecule has 0 radical (unpaired) electrons. The number of thiophene rings is 1. The highest BCUT2D eigenvalue weighted by atomic mass is 79.9. The number of fused-ring (bicyclic) bond motifs is 6. The Kier molecular flexibility index (Phi) is 8.51. The number of furan rings is 1. The average molecular weight is 813 g/mol. The molecule has 53 heavy (non-hydrogen) atoms. The third-order valence-electron chi connectivity index (χ3n) is 9.79. The van der Waals surface area contributed by atoms with E-state index >= 15 is 0 Å².